The van der Waals surface area contributed by atoms with Gasteiger partial charge in [-0.15, -0.1) is 12.4 Å². The quantitative estimate of drug-likeness (QED) is 0.897. The van der Waals surface area contributed by atoms with Gasteiger partial charge in [0.25, 0.3) is 5.91 Å². The Morgan fingerprint density at radius 2 is 2.30 bits per heavy atom. The van der Waals surface area contributed by atoms with Crippen molar-refractivity contribution in [2.75, 3.05) is 19.6 Å². The Morgan fingerprint density at radius 3 is 2.95 bits per heavy atom. The number of halogens is 2. The van der Waals surface area contributed by atoms with Crippen molar-refractivity contribution in [2.24, 2.45) is 5.92 Å². The minimum Gasteiger partial charge on any atom is -0.352 e. The molecule has 1 unspecified atom stereocenters. The van der Waals surface area contributed by atoms with E-state index in [0.29, 0.717) is 23.6 Å². The van der Waals surface area contributed by atoms with Crippen LogP contribution in [0.3, 0.4) is 0 Å². The molecule has 0 aliphatic carbocycles. The lowest BCUT2D eigenvalue weighted by atomic mass is 9.96. The van der Waals surface area contributed by atoms with E-state index in [1.807, 2.05) is 0 Å². The number of aryl methyl sites for hydroxylation is 1. The summed E-state index contributed by atoms with van der Waals surface area (Å²) < 4.78 is 13.0. The Labute approximate surface area is 125 Å². The summed E-state index contributed by atoms with van der Waals surface area (Å²) in [5.74, 6) is 0.243. The maximum Gasteiger partial charge on any atom is 0.251 e. The second-order valence-electron chi connectivity index (χ2n) is 5.22. The smallest absolute Gasteiger partial charge is 0.251 e. The van der Waals surface area contributed by atoms with Crippen molar-refractivity contribution < 1.29 is 9.18 Å². The maximum absolute atomic E-state index is 13.0. The summed E-state index contributed by atoms with van der Waals surface area (Å²) in [4.78, 5) is 12.0. The number of benzene rings is 1. The molecule has 1 atom stereocenters. The number of hydrogen-bond acceptors (Lipinski definition) is 2. The van der Waals surface area contributed by atoms with Crippen LogP contribution >= 0.6 is 12.4 Å². The highest BCUT2D eigenvalue weighted by molar-refractivity contribution is 5.95. The summed E-state index contributed by atoms with van der Waals surface area (Å²) in [6, 6.07) is 4.26. The molecule has 1 aromatic carbocycles. The van der Waals surface area contributed by atoms with Crippen molar-refractivity contribution in [2.45, 2.75) is 26.2 Å². The Bertz CT molecular complexity index is 447. The summed E-state index contributed by atoms with van der Waals surface area (Å²) in [5, 5.41) is 6.28. The Kier molecular flexibility index (Phi) is 6.96. The molecule has 2 N–H and O–H groups in total. The van der Waals surface area contributed by atoms with Crippen LogP contribution in [0.25, 0.3) is 0 Å². The fourth-order valence-corrected chi connectivity index (χ4v) is 2.54. The van der Waals surface area contributed by atoms with Gasteiger partial charge in [0.2, 0.25) is 0 Å². The molecule has 1 aliphatic rings. The van der Waals surface area contributed by atoms with Crippen LogP contribution in [0.2, 0.25) is 0 Å². The molecule has 5 heteroatoms. The third-order valence-corrected chi connectivity index (χ3v) is 3.67. The number of amides is 1. The molecule has 2 rings (SSSR count). The highest BCUT2D eigenvalue weighted by Gasteiger charge is 2.14. The number of hydrogen-bond donors (Lipinski definition) is 2. The molecule has 1 amide bonds. The van der Waals surface area contributed by atoms with E-state index >= 15 is 0 Å². The first-order chi connectivity index (χ1) is 9.16. The first-order valence-electron chi connectivity index (χ1n) is 6.92. The zero-order chi connectivity index (χ0) is 13.7. The Hall–Kier alpha value is -1.13. The normalized spacial score (nSPS) is 18.2. The second-order valence-corrected chi connectivity index (χ2v) is 5.22. The summed E-state index contributed by atoms with van der Waals surface area (Å²) in [5.41, 5.74) is 1.24. The lowest BCUT2D eigenvalue weighted by Gasteiger charge is -2.22. The standard InChI is InChI=1S/C15H21FN2O.ClH/c1-11-9-13(16)4-5-14(11)15(19)18-8-6-12-3-2-7-17-10-12;/h4-5,9,12,17H,2-3,6-8,10H2,1H3,(H,18,19);1H. The fourth-order valence-electron chi connectivity index (χ4n) is 2.54. The van der Waals surface area contributed by atoms with Gasteiger partial charge >= 0.3 is 0 Å². The number of rotatable bonds is 4. The number of piperidine rings is 1. The van der Waals surface area contributed by atoms with Gasteiger partial charge in [-0.25, -0.2) is 4.39 Å². The molecular weight excluding hydrogens is 279 g/mol. The van der Waals surface area contributed by atoms with Gasteiger partial charge in [0, 0.05) is 12.1 Å². The van der Waals surface area contributed by atoms with Crippen LogP contribution in [-0.4, -0.2) is 25.5 Å². The fraction of sp³-hybridized carbons (Fsp3) is 0.533. The van der Waals surface area contributed by atoms with Crippen LogP contribution in [0.5, 0.6) is 0 Å². The molecule has 112 valence electrons. The molecule has 0 aromatic heterocycles. The van der Waals surface area contributed by atoms with E-state index in [1.165, 1.54) is 25.0 Å². The lowest BCUT2D eigenvalue weighted by molar-refractivity contribution is 0.0950. The van der Waals surface area contributed by atoms with E-state index in [4.69, 9.17) is 0 Å². The zero-order valence-electron chi connectivity index (χ0n) is 11.7. The lowest BCUT2D eigenvalue weighted by Crippen LogP contribution is -2.33. The van der Waals surface area contributed by atoms with Crippen molar-refractivity contribution in [1.82, 2.24) is 10.6 Å². The molecule has 0 saturated carbocycles. The van der Waals surface area contributed by atoms with Gasteiger partial charge in [0.15, 0.2) is 0 Å². The van der Waals surface area contributed by atoms with Gasteiger partial charge < -0.3 is 10.6 Å². The number of carbonyl (C=O) groups is 1. The molecule has 1 fully saturated rings. The first kappa shape index (κ1) is 16.9. The average Bonchev–Trinajstić information content (AvgIpc) is 2.39. The van der Waals surface area contributed by atoms with Gasteiger partial charge in [-0.1, -0.05) is 0 Å². The van der Waals surface area contributed by atoms with Crippen LogP contribution in [-0.2, 0) is 0 Å². The largest absolute Gasteiger partial charge is 0.352 e. The van der Waals surface area contributed by atoms with Gasteiger partial charge in [0.05, 0.1) is 0 Å². The first-order valence-corrected chi connectivity index (χ1v) is 6.92. The second kappa shape index (κ2) is 8.22. The van der Waals surface area contributed by atoms with Gasteiger partial charge in [-0.3, -0.25) is 4.79 Å². The topological polar surface area (TPSA) is 41.1 Å². The highest BCUT2D eigenvalue weighted by Crippen LogP contribution is 2.13. The maximum atomic E-state index is 13.0. The van der Waals surface area contributed by atoms with Crippen molar-refractivity contribution in [3.8, 4) is 0 Å². The molecule has 3 nitrogen and oxygen atoms in total. The van der Waals surface area contributed by atoms with Crippen molar-refractivity contribution in [3.05, 3.63) is 35.1 Å². The molecule has 0 bridgehead atoms. The van der Waals surface area contributed by atoms with Crippen molar-refractivity contribution in [3.63, 3.8) is 0 Å². The minimum absolute atomic E-state index is 0. The monoisotopic (exact) mass is 300 g/mol. The SMILES string of the molecule is Cc1cc(F)ccc1C(=O)NCCC1CCCNC1.Cl. The van der Waals surface area contributed by atoms with E-state index in [9.17, 15) is 9.18 Å². The Morgan fingerprint density at radius 1 is 1.50 bits per heavy atom. The number of carbonyl (C=O) groups excluding carboxylic acids is 1. The predicted octanol–water partition coefficient (Wildman–Crippen LogP) is 2.68. The van der Waals surface area contributed by atoms with Crippen LogP contribution in [0, 0.1) is 18.7 Å². The molecule has 1 saturated heterocycles. The van der Waals surface area contributed by atoms with Crippen LogP contribution in [0.1, 0.15) is 35.2 Å². The van der Waals surface area contributed by atoms with Gasteiger partial charge in [-0.2, -0.15) is 0 Å². The third-order valence-electron chi connectivity index (χ3n) is 3.67. The molecular formula is C15H22ClFN2O. The summed E-state index contributed by atoms with van der Waals surface area (Å²) in [6.07, 6.45) is 3.45. The van der Waals surface area contributed by atoms with Crippen molar-refractivity contribution in [1.29, 1.82) is 0 Å². The van der Waals surface area contributed by atoms with E-state index in [2.05, 4.69) is 10.6 Å². The van der Waals surface area contributed by atoms with Crippen LogP contribution in [0.15, 0.2) is 18.2 Å². The average molecular weight is 301 g/mol. The van der Waals surface area contributed by atoms with Crippen LogP contribution in [0.4, 0.5) is 4.39 Å². The van der Waals surface area contributed by atoms with E-state index < -0.39 is 0 Å². The molecule has 0 radical (unpaired) electrons. The summed E-state index contributed by atoms with van der Waals surface area (Å²) in [7, 11) is 0. The van der Waals surface area contributed by atoms with Gasteiger partial charge in [0.1, 0.15) is 5.82 Å². The number of nitrogens with one attached hydrogen (secondary N) is 2. The highest BCUT2D eigenvalue weighted by atomic mass is 35.5. The van der Waals surface area contributed by atoms with Crippen molar-refractivity contribution >= 4 is 18.3 Å². The third kappa shape index (κ3) is 4.76. The minimum atomic E-state index is -0.303. The molecule has 1 heterocycles. The summed E-state index contributed by atoms with van der Waals surface area (Å²) in [6.45, 7) is 4.59. The molecule has 1 aliphatic heterocycles. The van der Waals surface area contributed by atoms with E-state index in [0.717, 1.165) is 19.5 Å². The van der Waals surface area contributed by atoms with Crippen LogP contribution < -0.4 is 10.6 Å². The Balaban J connectivity index is 0.00000200. The van der Waals surface area contributed by atoms with E-state index in [-0.39, 0.29) is 24.1 Å². The summed E-state index contributed by atoms with van der Waals surface area (Å²) >= 11 is 0. The molecule has 1 aromatic rings. The van der Waals surface area contributed by atoms with E-state index in [1.54, 1.807) is 13.0 Å². The zero-order valence-corrected chi connectivity index (χ0v) is 12.6. The predicted molar refractivity (Wildman–Crippen MR) is 80.9 cm³/mol. The molecule has 0 spiro atoms. The molecule has 20 heavy (non-hydrogen) atoms. The van der Waals surface area contributed by atoms with Gasteiger partial charge in [-0.05, 0) is 69.0 Å².